The van der Waals surface area contributed by atoms with Crippen molar-refractivity contribution in [3.8, 4) is 11.1 Å². The lowest BCUT2D eigenvalue weighted by molar-refractivity contribution is 0.0699. The van der Waals surface area contributed by atoms with Gasteiger partial charge in [-0.25, -0.2) is 4.79 Å². The van der Waals surface area contributed by atoms with Gasteiger partial charge < -0.3 is 10.4 Å². The summed E-state index contributed by atoms with van der Waals surface area (Å²) in [4.78, 5) is 11.8. The molecule has 23 heavy (non-hydrogen) atoms. The maximum atomic E-state index is 11.8. The number of hydrogen-bond acceptors (Lipinski definition) is 3. The van der Waals surface area contributed by atoms with Crippen LogP contribution in [-0.4, -0.2) is 11.1 Å². The third-order valence-corrected chi connectivity index (χ3v) is 5.03. The Morgan fingerprint density at radius 2 is 1.91 bits per heavy atom. The van der Waals surface area contributed by atoms with Crippen molar-refractivity contribution in [2.45, 2.75) is 6.92 Å². The van der Waals surface area contributed by atoms with Crippen molar-refractivity contribution in [2.24, 2.45) is 0 Å². The largest absolute Gasteiger partial charge is 0.478 e. The molecular weight excluding hydrogens is 374 g/mol. The summed E-state index contributed by atoms with van der Waals surface area (Å²) in [5.74, 6) is -0.938. The number of hydrogen-bond donors (Lipinski definition) is 2. The van der Waals surface area contributed by atoms with Crippen LogP contribution in [0.1, 0.15) is 15.9 Å². The molecule has 0 radical (unpaired) electrons. The van der Waals surface area contributed by atoms with E-state index in [4.69, 9.17) is 0 Å². The number of carbonyl (C=O) groups is 1. The maximum Gasteiger partial charge on any atom is 0.339 e. The monoisotopic (exact) mass is 387 g/mol. The van der Waals surface area contributed by atoms with Crippen LogP contribution < -0.4 is 5.32 Å². The summed E-state index contributed by atoms with van der Waals surface area (Å²) >= 11 is 4.89. The number of aromatic carboxylic acids is 1. The Hall–Kier alpha value is -2.11. The summed E-state index contributed by atoms with van der Waals surface area (Å²) < 4.78 is 0.877. The minimum absolute atomic E-state index is 0.295. The molecule has 0 spiro atoms. The molecule has 1 heterocycles. The zero-order valence-corrected chi connectivity index (χ0v) is 14.7. The highest BCUT2D eigenvalue weighted by Gasteiger charge is 2.21. The average Bonchev–Trinajstić information content (AvgIpc) is 2.91. The number of benzene rings is 2. The molecule has 0 aliphatic rings. The Labute approximate surface area is 146 Å². The fourth-order valence-corrected chi connectivity index (χ4v) is 3.86. The molecule has 2 aromatic carbocycles. The summed E-state index contributed by atoms with van der Waals surface area (Å²) in [6.45, 7) is 2.00. The SMILES string of the molecule is Cc1cccc(Nc2scc(-c3ccccc3Br)c2C(=O)O)c1. The average molecular weight is 388 g/mol. The minimum atomic E-state index is -0.938. The van der Waals surface area contributed by atoms with Crippen LogP contribution in [0.25, 0.3) is 11.1 Å². The summed E-state index contributed by atoms with van der Waals surface area (Å²) in [6.07, 6.45) is 0. The molecule has 0 saturated heterocycles. The highest BCUT2D eigenvalue weighted by Crippen LogP contribution is 2.39. The van der Waals surface area contributed by atoms with E-state index in [0.717, 1.165) is 21.3 Å². The smallest absolute Gasteiger partial charge is 0.339 e. The topological polar surface area (TPSA) is 49.3 Å². The molecule has 0 unspecified atom stereocenters. The van der Waals surface area contributed by atoms with Crippen molar-refractivity contribution in [3.63, 3.8) is 0 Å². The molecule has 3 aromatic rings. The minimum Gasteiger partial charge on any atom is -0.478 e. The van der Waals surface area contributed by atoms with E-state index in [1.807, 2.05) is 60.8 Å². The number of carboxylic acids is 1. The van der Waals surface area contributed by atoms with Gasteiger partial charge in [0.1, 0.15) is 10.6 Å². The first-order chi connectivity index (χ1) is 11.1. The molecule has 0 aliphatic carbocycles. The van der Waals surface area contributed by atoms with Gasteiger partial charge in [-0.15, -0.1) is 11.3 Å². The molecule has 3 rings (SSSR count). The second kappa shape index (κ2) is 6.56. The molecule has 0 saturated carbocycles. The van der Waals surface area contributed by atoms with E-state index >= 15 is 0 Å². The van der Waals surface area contributed by atoms with Crippen LogP contribution in [-0.2, 0) is 0 Å². The maximum absolute atomic E-state index is 11.8. The quantitative estimate of drug-likeness (QED) is 0.583. The predicted octanol–water partition coefficient (Wildman–Crippen LogP) is 5.93. The molecular formula is C18H14BrNO2S. The van der Waals surface area contributed by atoms with Crippen molar-refractivity contribution >= 4 is 43.9 Å². The van der Waals surface area contributed by atoms with E-state index in [9.17, 15) is 9.90 Å². The van der Waals surface area contributed by atoms with E-state index in [-0.39, 0.29) is 0 Å². The zero-order chi connectivity index (χ0) is 16.4. The Morgan fingerprint density at radius 3 is 2.61 bits per heavy atom. The van der Waals surface area contributed by atoms with Crippen LogP contribution in [0.3, 0.4) is 0 Å². The summed E-state index contributed by atoms with van der Waals surface area (Å²) in [7, 11) is 0. The fourth-order valence-electron chi connectivity index (χ4n) is 2.39. The van der Waals surface area contributed by atoms with Crippen LogP contribution in [0.5, 0.6) is 0 Å². The van der Waals surface area contributed by atoms with E-state index in [2.05, 4.69) is 21.2 Å². The van der Waals surface area contributed by atoms with Gasteiger partial charge in [-0.05, 0) is 36.2 Å². The van der Waals surface area contributed by atoms with Gasteiger partial charge in [-0.2, -0.15) is 0 Å². The number of carboxylic acid groups (broad SMARTS) is 1. The van der Waals surface area contributed by atoms with Gasteiger partial charge in [0.25, 0.3) is 0 Å². The van der Waals surface area contributed by atoms with Crippen molar-refractivity contribution in [3.05, 3.63) is 69.5 Å². The van der Waals surface area contributed by atoms with E-state index < -0.39 is 5.97 Å². The number of anilines is 2. The van der Waals surface area contributed by atoms with E-state index in [0.29, 0.717) is 16.1 Å². The molecule has 0 aliphatic heterocycles. The second-order valence-corrected chi connectivity index (χ2v) is 6.87. The standard InChI is InChI=1S/C18H14BrNO2S/c1-11-5-4-6-12(9-11)20-17-16(18(21)22)14(10-23-17)13-7-2-3-8-15(13)19/h2-10,20H,1H3,(H,21,22). The van der Waals surface area contributed by atoms with Crippen LogP contribution in [0.2, 0.25) is 0 Å². The molecule has 5 heteroatoms. The lowest BCUT2D eigenvalue weighted by Gasteiger charge is -2.08. The zero-order valence-electron chi connectivity index (χ0n) is 12.3. The first-order valence-corrected chi connectivity index (χ1v) is 8.67. The van der Waals surface area contributed by atoms with Crippen LogP contribution in [0.15, 0.2) is 58.4 Å². The highest BCUT2D eigenvalue weighted by molar-refractivity contribution is 9.10. The third kappa shape index (κ3) is 3.30. The number of aryl methyl sites for hydroxylation is 1. The molecule has 0 fully saturated rings. The van der Waals surface area contributed by atoms with Gasteiger partial charge >= 0.3 is 5.97 Å². The molecule has 1 aromatic heterocycles. The van der Waals surface area contributed by atoms with Gasteiger partial charge in [0.2, 0.25) is 0 Å². The molecule has 2 N–H and O–H groups in total. The van der Waals surface area contributed by atoms with Crippen LogP contribution >= 0.6 is 27.3 Å². The summed E-state index contributed by atoms with van der Waals surface area (Å²) in [6, 6.07) is 15.5. The molecule has 116 valence electrons. The Balaban J connectivity index is 2.06. The highest BCUT2D eigenvalue weighted by atomic mass is 79.9. The van der Waals surface area contributed by atoms with Crippen molar-refractivity contribution in [2.75, 3.05) is 5.32 Å². The number of nitrogens with one attached hydrogen (secondary N) is 1. The van der Waals surface area contributed by atoms with Gasteiger partial charge in [-0.3, -0.25) is 0 Å². The fraction of sp³-hybridized carbons (Fsp3) is 0.0556. The predicted molar refractivity (Wildman–Crippen MR) is 98.9 cm³/mol. The van der Waals surface area contributed by atoms with Gasteiger partial charge in [0, 0.05) is 21.1 Å². The first-order valence-electron chi connectivity index (χ1n) is 6.99. The Bertz CT molecular complexity index is 873. The molecule has 0 amide bonds. The lowest BCUT2D eigenvalue weighted by atomic mass is 10.0. The third-order valence-electron chi connectivity index (χ3n) is 3.44. The summed E-state index contributed by atoms with van der Waals surface area (Å²) in [5, 5.41) is 15.4. The van der Waals surface area contributed by atoms with Crippen LogP contribution in [0.4, 0.5) is 10.7 Å². The summed E-state index contributed by atoms with van der Waals surface area (Å²) in [5.41, 5.74) is 3.88. The second-order valence-electron chi connectivity index (χ2n) is 5.13. The molecule has 3 nitrogen and oxygen atoms in total. The Kier molecular flexibility index (Phi) is 4.50. The number of halogens is 1. The van der Waals surface area contributed by atoms with Crippen molar-refractivity contribution in [1.29, 1.82) is 0 Å². The molecule has 0 atom stereocenters. The normalized spacial score (nSPS) is 10.5. The van der Waals surface area contributed by atoms with Crippen LogP contribution in [0, 0.1) is 6.92 Å². The van der Waals surface area contributed by atoms with Crippen molar-refractivity contribution < 1.29 is 9.90 Å². The van der Waals surface area contributed by atoms with Gasteiger partial charge in [-0.1, -0.05) is 46.3 Å². The van der Waals surface area contributed by atoms with Crippen molar-refractivity contribution in [1.82, 2.24) is 0 Å². The number of thiophene rings is 1. The van der Waals surface area contributed by atoms with Gasteiger partial charge in [0.05, 0.1) is 0 Å². The van der Waals surface area contributed by atoms with E-state index in [1.165, 1.54) is 11.3 Å². The lowest BCUT2D eigenvalue weighted by Crippen LogP contribution is -2.01. The first kappa shape index (κ1) is 15.8. The molecule has 0 bridgehead atoms. The van der Waals surface area contributed by atoms with Gasteiger partial charge in [0.15, 0.2) is 0 Å². The number of rotatable bonds is 4. The van der Waals surface area contributed by atoms with E-state index in [1.54, 1.807) is 0 Å². The Morgan fingerprint density at radius 1 is 1.13 bits per heavy atom.